The highest BCUT2D eigenvalue weighted by atomic mass is 16.3. The third-order valence-electron chi connectivity index (χ3n) is 3.85. The fraction of sp³-hybridized carbons (Fsp3) is 0.750. The molecule has 0 bridgehead atoms. The van der Waals surface area contributed by atoms with E-state index in [2.05, 4.69) is 21.5 Å². The fourth-order valence-electron chi connectivity index (χ4n) is 2.98. The highest BCUT2D eigenvalue weighted by Crippen LogP contribution is 2.31. The van der Waals surface area contributed by atoms with Gasteiger partial charge in [0.2, 0.25) is 0 Å². The average Bonchev–Trinajstić information content (AvgIpc) is 2.84. The van der Waals surface area contributed by atoms with Crippen molar-refractivity contribution in [2.75, 3.05) is 20.1 Å². The number of hydrogen-bond acceptors (Lipinski definition) is 3. The Morgan fingerprint density at radius 3 is 3.06 bits per heavy atom. The van der Waals surface area contributed by atoms with E-state index in [1.807, 2.05) is 6.20 Å². The summed E-state index contributed by atoms with van der Waals surface area (Å²) in [6, 6.07) is 0. The maximum Gasteiger partial charge on any atom is 0.132 e. The molecule has 0 spiro atoms. The number of hydrogen-bond donors (Lipinski definition) is 1. The van der Waals surface area contributed by atoms with Crippen molar-refractivity contribution in [3.63, 3.8) is 0 Å². The summed E-state index contributed by atoms with van der Waals surface area (Å²) in [5.74, 6) is 1.61. The molecule has 2 aliphatic heterocycles. The van der Waals surface area contributed by atoms with E-state index in [1.165, 1.54) is 12.1 Å². The number of aliphatic hydroxyl groups excluding tert-OH is 1. The second-order valence-electron chi connectivity index (χ2n) is 5.10. The molecule has 2 aliphatic rings. The minimum atomic E-state index is -0.341. The lowest BCUT2D eigenvalue weighted by Gasteiger charge is -2.24. The monoisotopic (exact) mass is 221 g/mol. The SMILES string of the molecule is CN1CCC(c2ncc3n2C(O)CCC3)C1. The Balaban J connectivity index is 1.93. The molecule has 1 N–H and O–H groups in total. The topological polar surface area (TPSA) is 41.3 Å². The van der Waals surface area contributed by atoms with Crippen LogP contribution in [-0.2, 0) is 6.42 Å². The van der Waals surface area contributed by atoms with Crippen LogP contribution >= 0.6 is 0 Å². The third-order valence-corrected chi connectivity index (χ3v) is 3.85. The summed E-state index contributed by atoms with van der Waals surface area (Å²) in [5.41, 5.74) is 1.21. The van der Waals surface area contributed by atoms with E-state index < -0.39 is 0 Å². The first kappa shape index (κ1) is 10.3. The zero-order valence-corrected chi connectivity index (χ0v) is 9.76. The van der Waals surface area contributed by atoms with E-state index >= 15 is 0 Å². The van der Waals surface area contributed by atoms with Crippen molar-refractivity contribution in [2.24, 2.45) is 0 Å². The van der Waals surface area contributed by atoms with Crippen LogP contribution in [-0.4, -0.2) is 39.7 Å². The molecule has 1 saturated heterocycles. The first-order valence-corrected chi connectivity index (χ1v) is 6.18. The molecule has 2 atom stereocenters. The fourth-order valence-corrected chi connectivity index (χ4v) is 2.98. The number of likely N-dealkylation sites (tertiary alicyclic amines) is 1. The summed E-state index contributed by atoms with van der Waals surface area (Å²) < 4.78 is 2.08. The van der Waals surface area contributed by atoms with Crippen LogP contribution in [0.4, 0.5) is 0 Å². The predicted octanol–water partition coefficient (Wildman–Crippen LogP) is 1.13. The van der Waals surface area contributed by atoms with E-state index in [4.69, 9.17) is 0 Å². The van der Waals surface area contributed by atoms with E-state index in [1.54, 1.807) is 0 Å². The highest BCUT2D eigenvalue weighted by molar-refractivity contribution is 5.14. The zero-order chi connectivity index (χ0) is 11.1. The molecule has 16 heavy (non-hydrogen) atoms. The Morgan fingerprint density at radius 2 is 2.31 bits per heavy atom. The van der Waals surface area contributed by atoms with Crippen molar-refractivity contribution < 1.29 is 5.11 Å². The van der Waals surface area contributed by atoms with Crippen LogP contribution in [0.5, 0.6) is 0 Å². The first-order valence-electron chi connectivity index (χ1n) is 6.18. The van der Waals surface area contributed by atoms with Crippen LogP contribution in [0.3, 0.4) is 0 Å². The Morgan fingerprint density at radius 1 is 1.44 bits per heavy atom. The maximum atomic E-state index is 10.1. The number of imidazole rings is 1. The summed E-state index contributed by atoms with van der Waals surface area (Å²) in [7, 11) is 2.15. The van der Waals surface area contributed by atoms with Gasteiger partial charge in [-0.25, -0.2) is 4.98 Å². The van der Waals surface area contributed by atoms with Gasteiger partial charge in [0.1, 0.15) is 12.1 Å². The van der Waals surface area contributed by atoms with E-state index in [0.717, 1.165) is 38.2 Å². The lowest BCUT2D eigenvalue weighted by Crippen LogP contribution is -2.22. The Labute approximate surface area is 95.9 Å². The molecule has 0 amide bonds. The van der Waals surface area contributed by atoms with Gasteiger partial charge in [-0.1, -0.05) is 0 Å². The number of aryl methyl sites for hydroxylation is 1. The van der Waals surface area contributed by atoms with Crippen molar-refractivity contribution in [3.05, 3.63) is 17.7 Å². The van der Waals surface area contributed by atoms with Crippen molar-refractivity contribution in [1.29, 1.82) is 0 Å². The van der Waals surface area contributed by atoms with Crippen molar-refractivity contribution >= 4 is 0 Å². The van der Waals surface area contributed by atoms with Gasteiger partial charge in [0.15, 0.2) is 0 Å². The molecular formula is C12H19N3O. The van der Waals surface area contributed by atoms with E-state index in [0.29, 0.717) is 5.92 Å². The van der Waals surface area contributed by atoms with Crippen LogP contribution in [0, 0.1) is 0 Å². The molecule has 1 aromatic rings. The molecule has 1 aromatic heterocycles. The summed E-state index contributed by atoms with van der Waals surface area (Å²) in [6.45, 7) is 2.21. The second-order valence-corrected chi connectivity index (χ2v) is 5.10. The zero-order valence-electron chi connectivity index (χ0n) is 9.76. The molecular weight excluding hydrogens is 202 g/mol. The second kappa shape index (κ2) is 3.86. The van der Waals surface area contributed by atoms with E-state index in [-0.39, 0.29) is 6.23 Å². The summed E-state index contributed by atoms with van der Waals surface area (Å²) >= 11 is 0. The molecule has 0 aromatic carbocycles. The molecule has 2 unspecified atom stereocenters. The molecule has 0 radical (unpaired) electrons. The number of aliphatic hydroxyl groups is 1. The van der Waals surface area contributed by atoms with Crippen molar-refractivity contribution in [2.45, 2.75) is 37.8 Å². The van der Waals surface area contributed by atoms with Gasteiger partial charge in [-0.05, 0) is 39.3 Å². The molecule has 0 aliphatic carbocycles. The van der Waals surface area contributed by atoms with Gasteiger partial charge >= 0.3 is 0 Å². The largest absolute Gasteiger partial charge is 0.373 e. The first-order chi connectivity index (χ1) is 7.75. The van der Waals surface area contributed by atoms with Gasteiger partial charge in [0, 0.05) is 24.4 Å². The molecule has 88 valence electrons. The van der Waals surface area contributed by atoms with Crippen LogP contribution < -0.4 is 0 Å². The van der Waals surface area contributed by atoms with E-state index in [9.17, 15) is 5.11 Å². The minimum Gasteiger partial charge on any atom is -0.373 e. The highest BCUT2D eigenvalue weighted by Gasteiger charge is 2.29. The third kappa shape index (κ3) is 1.57. The van der Waals surface area contributed by atoms with Crippen LogP contribution in [0.25, 0.3) is 0 Å². The number of rotatable bonds is 1. The maximum absolute atomic E-state index is 10.1. The van der Waals surface area contributed by atoms with Crippen molar-refractivity contribution in [3.8, 4) is 0 Å². The van der Waals surface area contributed by atoms with Crippen LogP contribution in [0.1, 0.15) is 42.9 Å². The number of likely N-dealkylation sites (N-methyl/N-ethyl adjacent to an activating group) is 1. The molecule has 4 heteroatoms. The summed E-state index contributed by atoms with van der Waals surface area (Å²) in [4.78, 5) is 6.88. The van der Waals surface area contributed by atoms with Gasteiger partial charge in [0.05, 0.1) is 0 Å². The van der Waals surface area contributed by atoms with Crippen LogP contribution in [0.2, 0.25) is 0 Å². The normalized spacial score (nSPS) is 30.6. The van der Waals surface area contributed by atoms with Crippen molar-refractivity contribution in [1.82, 2.24) is 14.5 Å². The lowest BCUT2D eigenvalue weighted by atomic mass is 10.1. The molecule has 0 saturated carbocycles. The van der Waals surface area contributed by atoms with Crippen LogP contribution in [0.15, 0.2) is 6.20 Å². The smallest absolute Gasteiger partial charge is 0.132 e. The molecule has 1 fully saturated rings. The van der Waals surface area contributed by atoms with Gasteiger partial charge in [-0.3, -0.25) is 0 Å². The average molecular weight is 221 g/mol. The van der Waals surface area contributed by atoms with Gasteiger partial charge in [0.25, 0.3) is 0 Å². The number of nitrogens with zero attached hydrogens (tertiary/aromatic N) is 3. The Kier molecular flexibility index (Phi) is 2.48. The predicted molar refractivity (Wildman–Crippen MR) is 61.3 cm³/mol. The van der Waals surface area contributed by atoms with Gasteiger partial charge in [-0.2, -0.15) is 0 Å². The minimum absolute atomic E-state index is 0.341. The summed E-state index contributed by atoms with van der Waals surface area (Å²) in [6.07, 6.45) is 5.80. The number of aromatic nitrogens is 2. The van der Waals surface area contributed by atoms with Gasteiger partial charge < -0.3 is 14.6 Å². The quantitative estimate of drug-likeness (QED) is 0.773. The Bertz CT molecular complexity index is 388. The molecule has 3 rings (SSSR count). The molecule has 3 heterocycles. The van der Waals surface area contributed by atoms with Gasteiger partial charge in [-0.15, -0.1) is 0 Å². The standard InChI is InChI=1S/C12H19N3O/c1-14-6-5-9(8-14)12-13-7-10-3-2-4-11(16)15(10)12/h7,9,11,16H,2-6,8H2,1H3. The number of fused-ring (bicyclic) bond motifs is 1. The Hall–Kier alpha value is -0.870. The lowest BCUT2D eigenvalue weighted by molar-refractivity contribution is 0.0746. The summed E-state index contributed by atoms with van der Waals surface area (Å²) in [5, 5.41) is 10.1. The molecule has 4 nitrogen and oxygen atoms in total.